The van der Waals surface area contributed by atoms with Gasteiger partial charge < -0.3 is 19.3 Å². The molecule has 0 unspecified atom stereocenters. The molecule has 6 heteroatoms. The van der Waals surface area contributed by atoms with E-state index in [2.05, 4.69) is 20.4 Å². The molecule has 0 aromatic carbocycles. The Kier molecular flexibility index (Phi) is 6.16. The highest BCUT2D eigenvalue weighted by atomic mass is 16.6. The molecule has 6 nitrogen and oxygen atoms in total. The number of epoxide rings is 1. The van der Waals surface area contributed by atoms with Crippen LogP contribution >= 0.6 is 0 Å². The Balaban J connectivity index is 1.95. The third-order valence-corrected chi connectivity index (χ3v) is 8.31. The molecule has 170 valence electrons. The molecule has 3 fully saturated rings. The average molecular weight is 423 g/mol. The summed E-state index contributed by atoms with van der Waals surface area (Å²) in [6.07, 6.45) is 2.66. The lowest BCUT2D eigenvalue weighted by Gasteiger charge is -2.61. The lowest BCUT2D eigenvalue weighted by molar-refractivity contribution is -0.203. The van der Waals surface area contributed by atoms with Crippen LogP contribution in [0.25, 0.3) is 0 Å². The minimum Gasteiger partial charge on any atom is -0.465 e. The molecule has 2 saturated carbocycles. The Bertz CT molecular complexity index is 714. The third-order valence-electron chi connectivity index (χ3n) is 8.31. The number of rotatable bonds is 6. The second kappa shape index (κ2) is 7.94. The molecule has 0 bridgehead atoms. The molecular formula is C24H38O6. The first-order chi connectivity index (χ1) is 13.8. The molecule has 0 radical (unpaired) electrons. The maximum absolute atomic E-state index is 12.0. The van der Waals surface area contributed by atoms with Gasteiger partial charge >= 0.3 is 11.9 Å². The van der Waals surface area contributed by atoms with Crippen molar-refractivity contribution in [3.8, 4) is 0 Å². The Morgan fingerprint density at radius 2 is 1.83 bits per heavy atom. The largest absolute Gasteiger partial charge is 0.465 e. The molecule has 1 N–H and O–H groups in total. The van der Waals surface area contributed by atoms with Crippen LogP contribution in [0.1, 0.15) is 73.6 Å². The first-order valence-electron chi connectivity index (χ1n) is 11.2. The van der Waals surface area contributed by atoms with Gasteiger partial charge in [-0.15, -0.1) is 0 Å². The van der Waals surface area contributed by atoms with Gasteiger partial charge in [0.1, 0.15) is 6.10 Å². The summed E-state index contributed by atoms with van der Waals surface area (Å²) in [6.45, 7) is 15.8. The fourth-order valence-electron chi connectivity index (χ4n) is 6.34. The van der Waals surface area contributed by atoms with Crippen molar-refractivity contribution in [3.63, 3.8) is 0 Å². The van der Waals surface area contributed by atoms with Crippen LogP contribution in [0.2, 0.25) is 0 Å². The topological polar surface area (TPSA) is 85.4 Å². The minimum absolute atomic E-state index is 0.00876. The molecule has 0 spiro atoms. The van der Waals surface area contributed by atoms with E-state index in [-0.39, 0.29) is 40.9 Å². The summed E-state index contributed by atoms with van der Waals surface area (Å²) in [4.78, 5) is 23.5. The summed E-state index contributed by atoms with van der Waals surface area (Å²) in [5.74, 6) is -0.501. The number of fused-ring (bicyclic) bond motifs is 1. The Hall–Kier alpha value is -1.40. The summed E-state index contributed by atoms with van der Waals surface area (Å²) in [5, 5.41) is 11.3. The van der Waals surface area contributed by atoms with E-state index < -0.39 is 17.6 Å². The van der Waals surface area contributed by atoms with E-state index in [9.17, 15) is 14.7 Å². The van der Waals surface area contributed by atoms with Gasteiger partial charge in [-0.25, -0.2) is 0 Å². The number of hydrogen-bond acceptors (Lipinski definition) is 6. The van der Waals surface area contributed by atoms with Crippen LogP contribution in [0.5, 0.6) is 0 Å². The van der Waals surface area contributed by atoms with Crippen molar-refractivity contribution >= 4 is 11.9 Å². The zero-order chi connectivity index (χ0) is 22.5. The summed E-state index contributed by atoms with van der Waals surface area (Å²) in [5.41, 5.74) is 0.0630. The normalized spacial score (nSPS) is 40.8. The number of aliphatic hydroxyl groups is 1. The number of hydrogen-bond donors (Lipinski definition) is 1. The van der Waals surface area contributed by atoms with E-state index >= 15 is 0 Å². The zero-order valence-corrected chi connectivity index (χ0v) is 19.3. The van der Waals surface area contributed by atoms with Gasteiger partial charge in [0.05, 0.1) is 24.4 Å². The Labute approximate surface area is 180 Å². The van der Waals surface area contributed by atoms with Gasteiger partial charge in [-0.2, -0.15) is 0 Å². The van der Waals surface area contributed by atoms with Crippen molar-refractivity contribution < 1.29 is 28.9 Å². The summed E-state index contributed by atoms with van der Waals surface area (Å²) >= 11 is 0. The van der Waals surface area contributed by atoms with E-state index in [0.717, 1.165) is 24.8 Å². The monoisotopic (exact) mass is 422 g/mol. The van der Waals surface area contributed by atoms with E-state index in [1.165, 1.54) is 13.8 Å². The highest BCUT2D eigenvalue weighted by Gasteiger charge is 2.63. The lowest BCUT2D eigenvalue weighted by atomic mass is 9.45. The molecule has 3 aliphatic rings. The quantitative estimate of drug-likeness (QED) is 0.398. The average Bonchev–Trinajstić information content (AvgIpc) is 3.23. The summed E-state index contributed by atoms with van der Waals surface area (Å²) < 4.78 is 17.1. The van der Waals surface area contributed by atoms with E-state index in [0.29, 0.717) is 19.4 Å². The van der Waals surface area contributed by atoms with Crippen LogP contribution in [0, 0.1) is 22.7 Å². The molecular weight excluding hydrogens is 384 g/mol. The Morgan fingerprint density at radius 3 is 2.37 bits per heavy atom. The summed E-state index contributed by atoms with van der Waals surface area (Å²) in [6, 6.07) is 0. The number of ether oxygens (including phenoxy) is 3. The van der Waals surface area contributed by atoms with Crippen LogP contribution in [0.3, 0.4) is 0 Å². The highest BCUT2D eigenvalue weighted by molar-refractivity contribution is 5.66. The third kappa shape index (κ3) is 4.05. The summed E-state index contributed by atoms with van der Waals surface area (Å²) in [7, 11) is 0. The second-order valence-corrected chi connectivity index (χ2v) is 10.6. The van der Waals surface area contributed by atoms with Crippen molar-refractivity contribution in [3.05, 3.63) is 12.2 Å². The maximum atomic E-state index is 12.0. The minimum atomic E-state index is -0.615. The fourth-order valence-corrected chi connectivity index (χ4v) is 6.34. The number of aliphatic hydroxyl groups excluding tert-OH is 1. The highest BCUT2D eigenvalue weighted by Crippen LogP contribution is 2.63. The standard InChI is InChI=1S/C24H38O6/c1-14-8-9-18-23(6,17(14)13-28-15(2)25)11-10-19(27)24(18,7)21(29-16(3)26)12-20-22(4,5)30-20/h17-21,27H,1,8-13H2,2-7H3/t17-,18+,19-,20-,21+,23+,24-/m0/s1. The molecule has 0 aromatic heterocycles. The van der Waals surface area contributed by atoms with Crippen LogP contribution in [-0.2, 0) is 23.8 Å². The van der Waals surface area contributed by atoms with Crippen molar-refractivity contribution in [1.29, 1.82) is 0 Å². The van der Waals surface area contributed by atoms with Gasteiger partial charge in [-0.1, -0.05) is 26.0 Å². The molecule has 3 rings (SSSR count). The van der Waals surface area contributed by atoms with Crippen LogP contribution in [-0.4, -0.2) is 47.6 Å². The molecule has 1 aliphatic heterocycles. The van der Waals surface area contributed by atoms with Gasteiger partial charge in [0.2, 0.25) is 0 Å². The molecule has 30 heavy (non-hydrogen) atoms. The van der Waals surface area contributed by atoms with Gasteiger partial charge in [0, 0.05) is 31.6 Å². The maximum Gasteiger partial charge on any atom is 0.302 e. The molecule has 0 amide bonds. The lowest BCUT2D eigenvalue weighted by Crippen LogP contribution is -2.61. The van der Waals surface area contributed by atoms with Gasteiger partial charge in [-0.05, 0) is 50.9 Å². The predicted molar refractivity (Wildman–Crippen MR) is 113 cm³/mol. The molecule has 2 aliphatic carbocycles. The van der Waals surface area contributed by atoms with E-state index in [1.807, 2.05) is 13.8 Å². The predicted octanol–water partition coefficient (Wildman–Crippen LogP) is 3.80. The van der Waals surface area contributed by atoms with Crippen LogP contribution in [0.15, 0.2) is 12.2 Å². The Morgan fingerprint density at radius 1 is 1.20 bits per heavy atom. The smallest absolute Gasteiger partial charge is 0.302 e. The van der Waals surface area contributed by atoms with Crippen molar-refractivity contribution in [2.75, 3.05) is 6.61 Å². The SMILES string of the molecule is C=C1CC[C@@H]2[C@](C)(CC[C@H](O)[C@@]2(C)[C@@H](C[C@@H]2OC2(C)C)OC(C)=O)[C@H]1COC(C)=O. The van der Waals surface area contributed by atoms with E-state index in [4.69, 9.17) is 14.2 Å². The van der Waals surface area contributed by atoms with Crippen LogP contribution in [0.4, 0.5) is 0 Å². The molecule has 1 saturated heterocycles. The molecule has 7 atom stereocenters. The van der Waals surface area contributed by atoms with Crippen LogP contribution < -0.4 is 0 Å². The second-order valence-electron chi connectivity index (χ2n) is 10.6. The first-order valence-corrected chi connectivity index (χ1v) is 11.2. The molecule has 1 heterocycles. The number of carbonyl (C=O) groups is 2. The van der Waals surface area contributed by atoms with Gasteiger partial charge in [0.25, 0.3) is 0 Å². The van der Waals surface area contributed by atoms with Gasteiger partial charge in [0.15, 0.2) is 0 Å². The number of carbonyl (C=O) groups excluding carboxylic acids is 2. The zero-order valence-electron chi connectivity index (χ0n) is 19.3. The first kappa shape index (κ1) is 23.3. The van der Waals surface area contributed by atoms with Crippen molar-refractivity contribution in [2.45, 2.75) is 97.6 Å². The number of esters is 2. The van der Waals surface area contributed by atoms with Gasteiger partial charge in [-0.3, -0.25) is 9.59 Å². The molecule has 0 aromatic rings. The fraction of sp³-hybridized carbons (Fsp3) is 0.833. The van der Waals surface area contributed by atoms with Crippen molar-refractivity contribution in [1.82, 2.24) is 0 Å². The van der Waals surface area contributed by atoms with Crippen molar-refractivity contribution in [2.24, 2.45) is 22.7 Å². The van der Waals surface area contributed by atoms with E-state index in [1.54, 1.807) is 0 Å².